The van der Waals surface area contributed by atoms with E-state index in [0.717, 1.165) is 50.1 Å². The van der Waals surface area contributed by atoms with E-state index in [2.05, 4.69) is 21.9 Å². The number of aliphatic hydroxyl groups excluding tert-OH is 1. The first kappa shape index (κ1) is 23.4. The minimum Gasteiger partial charge on any atom is -0.395 e. The molecule has 2 aromatic carbocycles. The number of hydrogen-bond donors (Lipinski definition) is 1. The van der Waals surface area contributed by atoms with E-state index < -0.39 is 0 Å². The van der Waals surface area contributed by atoms with Crippen molar-refractivity contribution in [1.82, 2.24) is 14.7 Å². The van der Waals surface area contributed by atoms with E-state index in [-0.39, 0.29) is 36.3 Å². The van der Waals surface area contributed by atoms with Crippen LogP contribution in [-0.4, -0.2) is 96.9 Å². The van der Waals surface area contributed by atoms with Gasteiger partial charge in [0.25, 0.3) is 0 Å². The lowest BCUT2D eigenvalue weighted by atomic mass is 9.74. The maximum absolute atomic E-state index is 14.2. The van der Waals surface area contributed by atoms with Crippen molar-refractivity contribution in [2.45, 2.75) is 30.8 Å². The quantitative estimate of drug-likeness (QED) is 0.733. The number of ether oxygens (including phenoxy) is 1. The van der Waals surface area contributed by atoms with Crippen LogP contribution in [0, 0.1) is 5.82 Å². The molecule has 0 saturated carbocycles. The molecule has 0 unspecified atom stereocenters. The highest BCUT2D eigenvalue weighted by Gasteiger charge is 2.49. The van der Waals surface area contributed by atoms with Crippen LogP contribution < -0.4 is 0 Å². The number of hydrogen-bond acceptors (Lipinski definition) is 5. The van der Waals surface area contributed by atoms with Gasteiger partial charge in [-0.2, -0.15) is 0 Å². The van der Waals surface area contributed by atoms with E-state index in [4.69, 9.17) is 4.74 Å². The molecule has 3 heterocycles. The first-order valence-electron chi connectivity index (χ1n) is 12.4. The molecule has 0 spiro atoms. The molecule has 0 aromatic heterocycles. The van der Waals surface area contributed by atoms with Crippen LogP contribution in [0.5, 0.6) is 0 Å². The van der Waals surface area contributed by atoms with Crippen LogP contribution in [-0.2, 0) is 9.53 Å². The van der Waals surface area contributed by atoms with Gasteiger partial charge >= 0.3 is 0 Å². The number of halogens is 1. The van der Waals surface area contributed by atoms with Crippen LogP contribution in [0.4, 0.5) is 4.39 Å². The summed E-state index contributed by atoms with van der Waals surface area (Å²) < 4.78 is 19.6. The summed E-state index contributed by atoms with van der Waals surface area (Å²) in [6.07, 6.45) is 2.01. The lowest BCUT2D eigenvalue weighted by Crippen LogP contribution is -2.68. The number of fused-ring (bicyclic) bond motifs is 1. The van der Waals surface area contributed by atoms with E-state index >= 15 is 0 Å². The Balaban J connectivity index is 1.33. The molecular weight excluding hydrogens is 433 g/mol. The maximum atomic E-state index is 14.2. The van der Waals surface area contributed by atoms with Crippen LogP contribution in [0.2, 0.25) is 0 Å². The van der Waals surface area contributed by atoms with Crippen molar-refractivity contribution in [2.75, 3.05) is 59.1 Å². The second-order valence-electron chi connectivity index (χ2n) is 9.62. The van der Waals surface area contributed by atoms with Gasteiger partial charge in [-0.05, 0) is 36.6 Å². The normalized spacial score (nSPS) is 26.3. The van der Waals surface area contributed by atoms with E-state index in [1.165, 1.54) is 6.07 Å². The molecule has 34 heavy (non-hydrogen) atoms. The summed E-state index contributed by atoms with van der Waals surface area (Å²) in [6, 6.07) is 15.1. The molecule has 0 bridgehead atoms. The van der Waals surface area contributed by atoms with E-state index in [1.807, 2.05) is 23.1 Å². The first-order chi connectivity index (χ1) is 16.7. The molecule has 182 valence electrons. The Morgan fingerprint density at radius 1 is 1.00 bits per heavy atom. The summed E-state index contributed by atoms with van der Waals surface area (Å²) >= 11 is 0. The molecule has 3 aliphatic heterocycles. The third kappa shape index (κ3) is 4.75. The molecule has 3 fully saturated rings. The molecule has 3 aliphatic rings. The highest BCUT2D eigenvalue weighted by atomic mass is 19.1. The van der Waals surface area contributed by atoms with Crippen molar-refractivity contribution in [2.24, 2.45) is 0 Å². The van der Waals surface area contributed by atoms with Gasteiger partial charge in [0.15, 0.2) is 0 Å². The molecule has 0 radical (unpaired) electrons. The minimum atomic E-state index is -0.229. The van der Waals surface area contributed by atoms with Crippen molar-refractivity contribution >= 4 is 5.91 Å². The van der Waals surface area contributed by atoms with Crippen LogP contribution in [0.25, 0.3) is 11.1 Å². The van der Waals surface area contributed by atoms with Crippen LogP contribution in [0.15, 0.2) is 48.5 Å². The zero-order valence-electron chi connectivity index (χ0n) is 19.6. The number of morpholine rings is 1. The van der Waals surface area contributed by atoms with Gasteiger partial charge in [0.2, 0.25) is 5.91 Å². The fourth-order valence-corrected chi connectivity index (χ4v) is 5.80. The summed E-state index contributed by atoms with van der Waals surface area (Å²) in [7, 11) is 0. The molecule has 3 saturated heterocycles. The monoisotopic (exact) mass is 467 g/mol. The van der Waals surface area contributed by atoms with Gasteiger partial charge in [-0.15, -0.1) is 0 Å². The van der Waals surface area contributed by atoms with Gasteiger partial charge in [-0.25, -0.2) is 4.39 Å². The number of amides is 1. The first-order valence-corrected chi connectivity index (χ1v) is 12.4. The van der Waals surface area contributed by atoms with Crippen molar-refractivity contribution in [3.8, 4) is 11.1 Å². The molecular formula is C27H34FN3O3. The molecule has 1 N–H and O–H groups in total. The number of aliphatic hydroxyl groups is 1. The van der Waals surface area contributed by atoms with Crippen molar-refractivity contribution in [1.29, 1.82) is 0 Å². The molecule has 5 rings (SSSR count). The average molecular weight is 468 g/mol. The summed E-state index contributed by atoms with van der Waals surface area (Å²) in [5.74, 6) is 0.106. The summed E-state index contributed by atoms with van der Waals surface area (Å²) in [5, 5.41) is 10.2. The SMILES string of the molecule is O=C(CN1CCOCC1)N1CCCCN2[C@H](CO)[C@@H](c3ccc(-c4ccccc4F)cc3)[C@H]2C1. The fraction of sp³-hybridized carbons (Fsp3) is 0.519. The van der Waals surface area contributed by atoms with Gasteiger partial charge in [0.05, 0.1) is 26.4 Å². The molecule has 6 nitrogen and oxygen atoms in total. The second-order valence-corrected chi connectivity index (χ2v) is 9.62. The third-order valence-electron chi connectivity index (χ3n) is 7.67. The van der Waals surface area contributed by atoms with Crippen molar-refractivity contribution in [3.63, 3.8) is 0 Å². The Morgan fingerprint density at radius 2 is 1.74 bits per heavy atom. The Bertz CT molecular complexity index is 979. The van der Waals surface area contributed by atoms with Gasteiger partial charge < -0.3 is 14.7 Å². The van der Waals surface area contributed by atoms with Crippen molar-refractivity contribution < 1.29 is 19.0 Å². The Kier molecular flexibility index (Phi) is 7.25. The predicted molar refractivity (Wildman–Crippen MR) is 129 cm³/mol. The predicted octanol–water partition coefficient (Wildman–Crippen LogP) is 2.58. The number of carbonyl (C=O) groups excluding carboxylic acids is 1. The fourth-order valence-electron chi connectivity index (χ4n) is 5.80. The van der Waals surface area contributed by atoms with Crippen LogP contribution in [0.1, 0.15) is 24.3 Å². The zero-order chi connectivity index (χ0) is 23.5. The zero-order valence-corrected chi connectivity index (χ0v) is 19.6. The standard InChI is InChI=1S/C27H34FN3O3/c28-23-6-2-1-5-22(23)20-7-9-21(10-8-20)27-24-17-30(11-3-4-12-31(24)25(27)19-32)26(33)18-29-13-15-34-16-14-29/h1-2,5-10,24-25,27,32H,3-4,11-19H2/t24-,25-,27+/m1/s1. The van der Waals surface area contributed by atoms with E-state index in [1.54, 1.807) is 12.1 Å². The smallest absolute Gasteiger partial charge is 0.236 e. The third-order valence-corrected chi connectivity index (χ3v) is 7.67. The lowest BCUT2D eigenvalue weighted by Gasteiger charge is -2.57. The highest BCUT2D eigenvalue weighted by Crippen LogP contribution is 2.42. The Labute approximate surface area is 200 Å². The number of benzene rings is 2. The van der Waals surface area contributed by atoms with Crippen LogP contribution >= 0.6 is 0 Å². The summed E-state index contributed by atoms with van der Waals surface area (Å²) in [5.41, 5.74) is 2.58. The number of rotatable bonds is 5. The molecule has 2 aromatic rings. The highest BCUT2D eigenvalue weighted by molar-refractivity contribution is 5.78. The van der Waals surface area contributed by atoms with Gasteiger partial charge in [-0.1, -0.05) is 42.5 Å². The van der Waals surface area contributed by atoms with Gasteiger partial charge in [0.1, 0.15) is 5.82 Å². The Morgan fingerprint density at radius 3 is 2.47 bits per heavy atom. The van der Waals surface area contributed by atoms with Gasteiger partial charge in [-0.3, -0.25) is 14.6 Å². The van der Waals surface area contributed by atoms with Crippen LogP contribution in [0.3, 0.4) is 0 Å². The maximum Gasteiger partial charge on any atom is 0.236 e. The topological polar surface area (TPSA) is 56.2 Å². The summed E-state index contributed by atoms with van der Waals surface area (Å²) in [6.45, 7) is 5.94. The Hall–Kier alpha value is -2.32. The second kappa shape index (κ2) is 10.5. The molecule has 7 heteroatoms. The van der Waals surface area contributed by atoms with Gasteiger partial charge in [0, 0.05) is 49.7 Å². The lowest BCUT2D eigenvalue weighted by molar-refractivity contribution is -0.138. The molecule has 0 aliphatic carbocycles. The molecule has 3 atom stereocenters. The molecule has 1 amide bonds. The van der Waals surface area contributed by atoms with Crippen molar-refractivity contribution in [3.05, 3.63) is 59.9 Å². The van der Waals surface area contributed by atoms with E-state index in [0.29, 0.717) is 31.9 Å². The summed E-state index contributed by atoms with van der Waals surface area (Å²) in [4.78, 5) is 19.8. The number of nitrogens with zero attached hydrogens (tertiary/aromatic N) is 3. The largest absolute Gasteiger partial charge is 0.395 e. The number of carbonyl (C=O) groups is 1. The minimum absolute atomic E-state index is 0.0543. The van der Waals surface area contributed by atoms with E-state index in [9.17, 15) is 14.3 Å². The average Bonchev–Trinajstić information content (AvgIpc) is 2.84.